The minimum Gasteiger partial charge on any atom is -0.399 e. The Balaban J connectivity index is 2.32. The topological polar surface area (TPSA) is 90.0 Å². The number of nitrogens with zero attached hydrogens (tertiary/aromatic N) is 2. The summed E-state index contributed by atoms with van der Waals surface area (Å²) in [4.78, 5) is 4.13. The number of aromatic nitrogens is 2. The van der Waals surface area contributed by atoms with Crippen LogP contribution in [0, 0.1) is 13.8 Å². The molecule has 1 aromatic carbocycles. The largest absolute Gasteiger partial charge is 0.399 e. The van der Waals surface area contributed by atoms with E-state index in [2.05, 4.69) is 9.71 Å². The van der Waals surface area contributed by atoms with E-state index in [1.165, 1.54) is 0 Å². The summed E-state index contributed by atoms with van der Waals surface area (Å²) in [7, 11) is -3.69. The van der Waals surface area contributed by atoms with Crippen molar-refractivity contribution in [3.8, 4) is 0 Å². The lowest BCUT2D eigenvalue weighted by Gasteiger charge is -2.09. The van der Waals surface area contributed by atoms with Crippen molar-refractivity contribution in [2.75, 3.05) is 10.5 Å². The molecule has 1 heterocycles. The highest BCUT2D eigenvalue weighted by Crippen LogP contribution is 2.21. The first-order valence-electron chi connectivity index (χ1n) is 6.76. The van der Waals surface area contributed by atoms with Gasteiger partial charge in [-0.25, -0.2) is 4.98 Å². The molecule has 0 aliphatic rings. The summed E-state index contributed by atoms with van der Waals surface area (Å²) in [5.41, 5.74) is 7.54. The average molecular weight is 308 g/mol. The number of hydrogen-bond acceptors (Lipinski definition) is 4. The van der Waals surface area contributed by atoms with Crippen molar-refractivity contribution in [3.63, 3.8) is 0 Å². The zero-order valence-electron chi connectivity index (χ0n) is 12.4. The number of nitrogen functional groups attached to an aromatic ring is 1. The van der Waals surface area contributed by atoms with Crippen LogP contribution in [0.1, 0.15) is 24.7 Å². The van der Waals surface area contributed by atoms with E-state index >= 15 is 0 Å². The molecule has 0 amide bonds. The predicted molar refractivity (Wildman–Crippen MR) is 83.7 cm³/mol. The minimum absolute atomic E-state index is 0.0321. The van der Waals surface area contributed by atoms with Crippen molar-refractivity contribution in [2.24, 2.45) is 0 Å². The van der Waals surface area contributed by atoms with E-state index in [-0.39, 0.29) is 5.03 Å². The van der Waals surface area contributed by atoms with Crippen LogP contribution in [-0.4, -0.2) is 18.0 Å². The molecule has 0 saturated carbocycles. The van der Waals surface area contributed by atoms with Gasteiger partial charge in [-0.2, -0.15) is 8.42 Å². The standard InChI is InChI=1S/C14H20N4O2S/c1-4-7-18-9-14(16-11(18)3)21(19,20)17-13-6-5-12(15)8-10(13)2/h5-6,8-9,17H,4,7,15H2,1-3H3. The van der Waals surface area contributed by atoms with Crippen LogP contribution in [0.25, 0.3) is 0 Å². The average Bonchev–Trinajstić information content (AvgIpc) is 2.76. The van der Waals surface area contributed by atoms with Crippen LogP contribution < -0.4 is 10.5 Å². The number of anilines is 2. The van der Waals surface area contributed by atoms with Crippen molar-refractivity contribution in [2.45, 2.75) is 38.8 Å². The highest BCUT2D eigenvalue weighted by Gasteiger charge is 2.20. The summed E-state index contributed by atoms with van der Waals surface area (Å²) >= 11 is 0. The van der Waals surface area contributed by atoms with Gasteiger partial charge < -0.3 is 10.3 Å². The van der Waals surface area contributed by atoms with Crippen LogP contribution in [0.3, 0.4) is 0 Å². The summed E-state index contributed by atoms with van der Waals surface area (Å²) < 4.78 is 29.2. The van der Waals surface area contributed by atoms with Crippen LogP contribution in [0.15, 0.2) is 29.4 Å². The zero-order valence-corrected chi connectivity index (χ0v) is 13.2. The smallest absolute Gasteiger partial charge is 0.280 e. The number of nitrogens with one attached hydrogen (secondary N) is 1. The molecule has 0 atom stereocenters. The number of imidazole rings is 1. The lowest BCUT2D eigenvalue weighted by atomic mass is 10.2. The number of sulfonamides is 1. The molecule has 114 valence electrons. The van der Waals surface area contributed by atoms with Gasteiger partial charge in [0.05, 0.1) is 5.69 Å². The Morgan fingerprint density at radius 2 is 2.05 bits per heavy atom. The Labute approximate surface area is 125 Å². The molecule has 0 aliphatic carbocycles. The van der Waals surface area contributed by atoms with Gasteiger partial charge in [0.1, 0.15) is 5.82 Å². The first-order chi connectivity index (χ1) is 9.83. The molecule has 1 aromatic heterocycles. The zero-order chi connectivity index (χ0) is 15.6. The lowest BCUT2D eigenvalue weighted by Crippen LogP contribution is -2.14. The predicted octanol–water partition coefficient (Wildman–Crippen LogP) is 2.29. The molecule has 2 rings (SSSR count). The Morgan fingerprint density at radius 3 is 2.67 bits per heavy atom. The van der Waals surface area contributed by atoms with Gasteiger partial charge >= 0.3 is 0 Å². The van der Waals surface area contributed by atoms with Crippen molar-refractivity contribution in [3.05, 3.63) is 35.8 Å². The summed E-state index contributed by atoms with van der Waals surface area (Å²) in [6.07, 6.45) is 2.48. The highest BCUT2D eigenvalue weighted by atomic mass is 32.2. The summed E-state index contributed by atoms with van der Waals surface area (Å²) in [6, 6.07) is 5.03. The van der Waals surface area contributed by atoms with Gasteiger partial charge in [0, 0.05) is 18.4 Å². The van der Waals surface area contributed by atoms with E-state index in [4.69, 9.17) is 5.73 Å². The minimum atomic E-state index is -3.69. The van der Waals surface area contributed by atoms with Crippen LogP contribution >= 0.6 is 0 Å². The van der Waals surface area contributed by atoms with Gasteiger partial charge in [0.2, 0.25) is 0 Å². The number of hydrogen-bond donors (Lipinski definition) is 2. The molecule has 0 bridgehead atoms. The maximum absolute atomic E-state index is 12.4. The van der Waals surface area contributed by atoms with Crippen molar-refractivity contribution in [1.82, 2.24) is 9.55 Å². The van der Waals surface area contributed by atoms with E-state index in [1.54, 1.807) is 38.2 Å². The molecule has 0 aliphatic heterocycles. The number of nitrogens with two attached hydrogens (primary N) is 1. The first kappa shape index (κ1) is 15.4. The molecule has 2 aromatic rings. The second-order valence-corrected chi connectivity index (χ2v) is 6.63. The Bertz CT molecular complexity index is 750. The maximum Gasteiger partial charge on any atom is 0.280 e. The van der Waals surface area contributed by atoms with E-state index in [1.807, 2.05) is 11.5 Å². The molecule has 0 unspecified atom stereocenters. The monoisotopic (exact) mass is 308 g/mol. The van der Waals surface area contributed by atoms with E-state index in [9.17, 15) is 8.42 Å². The first-order valence-corrected chi connectivity index (χ1v) is 8.24. The second-order valence-electron chi connectivity index (χ2n) is 5.00. The van der Waals surface area contributed by atoms with Crippen LogP contribution in [0.2, 0.25) is 0 Å². The third-order valence-electron chi connectivity index (χ3n) is 3.19. The second kappa shape index (κ2) is 5.77. The fraction of sp³-hybridized carbons (Fsp3) is 0.357. The van der Waals surface area contributed by atoms with Gasteiger partial charge in [0.25, 0.3) is 10.0 Å². The molecule has 0 spiro atoms. The molecule has 6 nitrogen and oxygen atoms in total. The molecule has 0 radical (unpaired) electrons. The van der Waals surface area contributed by atoms with Crippen LogP contribution in [0.5, 0.6) is 0 Å². The van der Waals surface area contributed by atoms with E-state index in [0.29, 0.717) is 17.2 Å². The molecule has 21 heavy (non-hydrogen) atoms. The number of rotatable bonds is 5. The maximum atomic E-state index is 12.4. The molecule has 0 fully saturated rings. The Kier molecular flexibility index (Phi) is 4.22. The third-order valence-corrected chi connectivity index (χ3v) is 4.42. The van der Waals surface area contributed by atoms with Gasteiger partial charge in [-0.05, 0) is 44.0 Å². The van der Waals surface area contributed by atoms with Gasteiger partial charge in [-0.3, -0.25) is 4.72 Å². The fourth-order valence-corrected chi connectivity index (χ4v) is 3.22. The molecular formula is C14H20N4O2S. The van der Waals surface area contributed by atoms with Gasteiger partial charge in [0.15, 0.2) is 5.03 Å². The van der Waals surface area contributed by atoms with Crippen molar-refractivity contribution in [1.29, 1.82) is 0 Å². The van der Waals surface area contributed by atoms with Crippen molar-refractivity contribution >= 4 is 21.4 Å². The lowest BCUT2D eigenvalue weighted by molar-refractivity contribution is 0.597. The summed E-state index contributed by atoms with van der Waals surface area (Å²) in [5.74, 6) is 0.686. The SMILES string of the molecule is CCCn1cc(S(=O)(=O)Nc2ccc(N)cc2C)nc1C. The normalized spacial score (nSPS) is 11.6. The van der Waals surface area contributed by atoms with E-state index < -0.39 is 10.0 Å². The highest BCUT2D eigenvalue weighted by molar-refractivity contribution is 7.92. The fourth-order valence-electron chi connectivity index (χ4n) is 2.07. The van der Waals surface area contributed by atoms with E-state index in [0.717, 1.165) is 18.5 Å². The Morgan fingerprint density at radius 1 is 1.33 bits per heavy atom. The number of benzene rings is 1. The third kappa shape index (κ3) is 3.36. The molecule has 7 heteroatoms. The van der Waals surface area contributed by atoms with Gasteiger partial charge in [-0.1, -0.05) is 6.92 Å². The molecule has 3 N–H and O–H groups in total. The molecule has 0 saturated heterocycles. The quantitative estimate of drug-likeness (QED) is 0.829. The van der Waals surface area contributed by atoms with Crippen LogP contribution in [-0.2, 0) is 16.6 Å². The van der Waals surface area contributed by atoms with Gasteiger partial charge in [-0.15, -0.1) is 0 Å². The summed E-state index contributed by atoms with van der Waals surface area (Å²) in [5, 5.41) is 0.0321. The number of aryl methyl sites for hydroxylation is 3. The van der Waals surface area contributed by atoms with Crippen molar-refractivity contribution < 1.29 is 8.42 Å². The van der Waals surface area contributed by atoms with Crippen LogP contribution in [0.4, 0.5) is 11.4 Å². The summed E-state index contributed by atoms with van der Waals surface area (Å²) in [6.45, 7) is 6.37. The molecular weight excluding hydrogens is 288 g/mol. The Hall–Kier alpha value is -2.02.